The fraction of sp³-hybridized carbons (Fsp3) is 0.400. The Labute approximate surface area is 116 Å². The number of nitrogens with zero attached hydrogens (tertiary/aromatic N) is 1. The zero-order valence-electron chi connectivity index (χ0n) is 10.8. The summed E-state index contributed by atoms with van der Waals surface area (Å²) in [7, 11) is 0. The summed E-state index contributed by atoms with van der Waals surface area (Å²) in [6.45, 7) is 5.22. The second kappa shape index (κ2) is 4.54. The van der Waals surface area contributed by atoms with Gasteiger partial charge in [-0.2, -0.15) is 0 Å². The van der Waals surface area contributed by atoms with Crippen molar-refractivity contribution in [3.05, 3.63) is 33.9 Å². The number of hydrogen-bond acceptors (Lipinski definition) is 2. The van der Waals surface area contributed by atoms with E-state index in [1.54, 1.807) is 0 Å². The first kappa shape index (κ1) is 12.0. The maximum atomic E-state index is 4.85. The van der Waals surface area contributed by atoms with Crippen molar-refractivity contribution in [2.24, 2.45) is 0 Å². The summed E-state index contributed by atoms with van der Waals surface area (Å²) in [6.07, 6.45) is 2.57. The molecule has 1 N–H and O–H groups in total. The number of aromatic nitrogens is 1. The van der Waals surface area contributed by atoms with Crippen molar-refractivity contribution < 1.29 is 0 Å². The highest BCUT2D eigenvalue weighted by atomic mass is 79.9. The molecule has 3 heteroatoms. The molecule has 2 aromatic rings. The number of rotatable bonds is 3. The molecule has 1 heterocycles. The second-order valence-electron chi connectivity index (χ2n) is 4.99. The van der Waals surface area contributed by atoms with Gasteiger partial charge in [0.05, 0.1) is 5.52 Å². The summed E-state index contributed by atoms with van der Waals surface area (Å²) in [5.74, 6) is 0.680. The molecule has 1 fully saturated rings. The van der Waals surface area contributed by atoms with Gasteiger partial charge in [-0.1, -0.05) is 6.07 Å². The van der Waals surface area contributed by atoms with E-state index >= 15 is 0 Å². The summed E-state index contributed by atoms with van der Waals surface area (Å²) >= 11 is 3.63. The van der Waals surface area contributed by atoms with E-state index in [1.165, 1.54) is 35.2 Å². The smallest absolute Gasteiger partial charge is 0.0870 e. The first-order chi connectivity index (χ1) is 8.70. The molecule has 18 heavy (non-hydrogen) atoms. The minimum absolute atomic E-state index is 0.680. The van der Waals surface area contributed by atoms with Crippen molar-refractivity contribution in [1.29, 1.82) is 0 Å². The maximum absolute atomic E-state index is 4.85. The SMILES string of the molecule is CCNc1cc(C2CC2)nc2c(Br)ccc(C)c12. The van der Waals surface area contributed by atoms with Crippen LogP contribution in [0.25, 0.3) is 10.9 Å². The van der Waals surface area contributed by atoms with Crippen LogP contribution >= 0.6 is 15.9 Å². The largest absolute Gasteiger partial charge is 0.385 e. The van der Waals surface area contributed by atoms with Gasteiger partial charge in [-0.05, 0) is 60.3 Å². The standard InChI is InChI=1S/C15H17BrN2/c1-3-17-13-8-12(10-5-6-10)18-15-11(16)7-4-9(2)14(13)15/h4,7-8,10H,3,5-6H2,1-2H3,(H,17,18). The summed E-state index contributed by atoms with van der Waals surface area (Å²) in [6, 6.07) is 6.48. The lowest BCUT2D eigenvalue weighted by Crippen LogP contribution is -2.01. The molecule has 94 valence electrons. The molecule has 0 bridgehead atoms. The number of nitrogens with one attached hydrogen (secondary N) is 1. The average Bonchev–Trinajstić information content (AvgIpc) is 3.18. The molecule has 1 aliphatic carbocycles. The minimum Gasteiger partial charge on any atom is -0.385 e. The van der Waals surface area contributed by atoms with Gasteiger partial charge in [0.1, 0.15) is 0 Å². The molecule has 0 unspecified atom stereocenters. The third kappa shape index (κ3) is 2.01. The first-order valence-electron chi connectivity index (χ1n) is 6.54. The number of fused-ring (bicyclic) bond motifs is 1. The lowest BCUT2D eigenvalue weighted by Gasteiger charge is -2.13. The van der Waals surface area contributed by atoms with E-state index in [-0.39, 0.29) is 0 Å². The van der Waals surface area contributed by atoms with Crippen LogP contribution in [-0.2, 0) is 0 Å². The molecular weight excluding hydrogens is 288 g/mol. The predicted octanol–water partition coefficient (Wildman–Crippen LogP) is 4.61. The summed E-state index contributed by atoms with van der Waals surface area (Å²) in [4.78, 5) is 4.85. The van der Waals surface area contributed by atoms with Gasteiger partial charge in [0, 0.05) is 33.7 Å². The summed E-state index contributed by atoms with van der Waals surface area (Å²) < 4.78 is 1.09. The molecule has 3 rings (SSSR count). The highest BCUT2D eigenvalue weighted by molar-refractivity contribution is 9.10. The van der Waals surface area contributed by atoms with Gasteiger partial charge in [0.2, 0.25) is 0 Å². The zero-order valence-corrected chi connectivity index (χ0v) is 12.3. The van der Waals surface area contributed by atoms with Crippen LogP contribution in [0.5, 0.6) is 0 Å². The number of halogens is 1. The van der Waals surface area contributed by atoms with Crippen molar-refractivity contribution in [3.63, 3.8) is 0 Å². The van der Waals surface area contributed by atoms with E-state index in [0.29, 0.717) is 5.92 Å². The van der Waals surface area contributed by atoms with Crippen LogP contribution in [0.3, 0.4) is 0 Å². The quantitative estimate of drug-likeness (QED) is 0.895. The normalized spacial score (nSPS) is 15.1. The van der Waals surface area contributed by atoms with Crippen molar-refractivity contribution in [3.8, 4) is 0 Å². The average molecular weight is 305 g/mol. The molecule has 0 radical (unpaired) electrons. The number of aryl methyl sites for hydroxylation is 1. The third-order valence-corrected chi connectivity index (χ3v) is 4.14. The Bertz CT molecular complexity index is 603. The molecular formula is C15H17BrN2. The number of pyridine rings is 1. The Hall–Kier alpha value is -1.09. The summed E-state index contributed by atoms with van der Waals surface area (Å²) in [5, 5.41) is 4.73. The topological polar surface area (TPSA) is 24.9 Å². The monoisotopic (exact) mass is 304 g/mol. The van der Waals surface area contributed by atoms with Crippen LogP contribution < -0.4 is 5.32 Å². The highest BCUT2D eigenvalue weighted by Gasteiger charge is 2.26. The molecule has 0 saturated heterocycles. The van der Waals surface area contributed by atoms with E-state index < -0.39 is 0 Å². The molecule has 1 aromatic carbocycles. The van der Waals surface area contributed by atoms with Crippen molar-refractivity contribution >= 4 is 32.5 Å². The first-order valence-corrected chi connectivity index (χ1v) is 7.33. The van der Waals surface area contributed by atoms with Crippen LogP contribution in [0.1, 0.15) is 36.9 Å². The van der Waals surface area contributed by atoms with E-state index in [0.717, 1.165) is 16.5 Å². The Balaban J connectivity index is 2.29. The number of hydrogen-bond donors (Lipinski definition) is 1. The molecule has 1 saturated carbocycles. The fourth-order valence-corrected chi connectivity index (χ4v) is 2.83. The van der Waals surface area contributed by atoms with E-state index in [2.05, 4.69) is 53.3 Å². The minimum atomic E-state index is 0.680. The van der Waals surface area contributed by atoms with Gasteiger partial charge in [-0.3, -0.25) is 4.98 Å². The molecule has 1 aromatic heterocycles. The van der Waals surface area contributed by atoms with Gasteiger partial charge >= 0.3 is 0 Å². The Morgan fingerprint density at radius 3 is 2.83 bits per heavy atom. The Morgan fingerprint density at radius 2 is 2.17 bits per heavy atom. The van der Waals surface area contributed by atoms with E-state index in [1.807, 2.05) is 0 Å². The third-order valence-electron chi connectivity index (χ3n) is 3.50. The van der Waals surface area contributed by atoms with Crippen molar-refractivity contribution in [2.45, 2.75) is 32.6 Å². The van der Waals surface area contributed by atoms with Crippen LogP contribution in [0.2, 0.25) is 0 Å². The molecule has 0 spiro atoms. The van der Waals surface area contributed by atoms with Crippen molar-refractivity contribution in [1.82, 2.24) is 4.98 Å². The highest BCUT2D eigenvalue weighted by Crippen LogP contribution is 2.42. The predicted molar refractivity (Wildman–Crippen MR) is 80.3 cm³/mol. The van der Waals surface area contributed by atoms with Gasteiger partial charge < -0.3 is 5.32 Å². The lowest BCUT2D eigenvalue weighted by molar-refractivity contribution is 1.04. The molecule has 0 aliphatic heterocycles. The molecule has 2 nitrogen and oxygen atoms in total. The Kier molecular flexibility index (Phi) is 3.02. The fourth-order valence-electron chi connectivity index (χ4n) is 2.42. The van der Waals surface area contributed by atoms with Gasteiger partial charge in [-0.15, -0.1) is 0 Å². The Morgan fingerprint density at radius 1 is 1.39 bits per heavy atom. The van der Waals surface area contributed by atoms with E-state index in [9.17, 15) is 0 Å². The van der Waals surface area contributed by atoms with Crippen LogP contribution in [0.15, 0.2) is 22.7 Å². The maximum Gasteiger partial charge on any atom is 0.0870 e. The van der Waals surface area contributed by atoms with Gasteiger partial charge in [-0.25, -0.2) is 0 Å². The molecule has 1 aliphatic rings. The van der Waals surface area contributed by atoms with E-state index in [4.69, 9.17) is 4.98 Å². The number of benzene rings is 1. The second-order valence-corrected chi connectivity index (χ2v) is 5.84. The lowest BCUT2D eigenvalue weighted by atomic mass is 10.1. The summed E-state index contributed by atoms with van der Waals surface area (Å²) in [5.41, 5.74) is 4.84. The van der Waals surface area contributed by atoms with Crippen molar-refractivity contribution in [2.75, 3.05) is 11.9 Å². The van der Waals surface area contributed by atoms with Gasteiger partial charge in [0.25, 0.3) is 0 Å². The van der Waals surface area contributed by atoms with Gasteiger partial charge in [0.15, 0.2) is 0 Å². The zero-order chi connectivity index (χ0) is 12.7. The molecule has 0 atom stereocenters. The molecule has 0 amide bonds. The number of anilines is 1. The van der Waals surface area contributed by atoms with Crippen LogP contribution in [0.4, 0.5) is 5.69 Å². The van der Waals surface area contributed by atoms with Crippen LogP contribution in [-0.4, -0.2) is 11.5 Å². The van der Waals surface area contributed by atoms with Crippen LogP contribution in [0, 0.1) is 6.92 Å².